The second-order valence-electron chi connectivity index (χ2n) is 3.74. The van der Waals surface area contributed by atoms with Gasteiger partial charge in [-0.05, 0) is 34.7 Å². The van der Waals surface area contributed by atoms with Crippen molar-refractivity contribution in [2.24, 2.45) is 0 Å². The molecule has 1 N–H and O–H groups in total. The van der Waals surface area contributed by atoms with Crippen LogP contribution < -0.4 is 9.47 Å². The third-order valence-electron chi connectivity index (χ3n) is 2.42. The van der Waals surface area contributed by atoms with Gasteiger partial charge in [-0.25, -0.2) is 0 Å². The smallest absolute Gasteiger partial charge is 0.323 e. The van der Waals surface area contributed by atoms with Crippen LogP contribution in [-0.2, 0) is 4.79 Å². The molecular formula is C12H14INO5. The molecule has 0 bridgehead atoms. The zero-order valence-electron chi connectivity index (χ0n) is 10.8. The second-order valence-corrected chi connectivity index (χ2v) is 4.90. The number of aliphatic carboxylic acids is 1. The van der Waals surface area contributed by atoms with Gasteiger partial charge < -0.3 is 19.5 Å². The van der Waals surface area contributed by atoms with E-state index in [4.69, 9.17) is 14.6 Å². The molecule has 0 heterocycles. The third kappa shape index (κ3) is 3.72. The van der Waals surface area contributed by atoms with E-state index in [1.807, 2.05) is 22.6 Å². The van der Waals surface area contributed by atoms with Gasteiger partial charge in [0.1, 0.15) is 6.54 Å². The predicted molar refractivity (Wildman–Crippen MR) is 76.9 cm³/mol. The van der Waals surface area contributed by atoms with E-state index in [9.17, 15) is 9.59 Å². The normalized spacial score (nSPS) is 9.89. The number of carbonyl (C=O) groups is 2. The number of hydrogen-bond donors (Lipinski definition) is 1. The highest BCUT2D eigenvalue weighted by molar-refractivity contribution is 14.1. The number of rotatable bonds is 5. The molecule has 0 aliphatic carbocycles. The number of halogens is 1. The zero-order valence-corrected chi connectivity index (χ0v) is 12.9. The molecule has 0 saturated heterocycles. The molecule has 0 fully saturated rings. The molecule has 0 spiro atoms. The minimum Gasteiger partial charge on any atom is -0.493 e. The van der Waals surface area contributed by atoms with Crippen LogP contribution in [-0.4, -0.2) is 49.7 Å². The van der Waals surface area contributed by atoms with E-state index in [1.54, 1.807) is 12.1 Å². The predicted octanol–water partition coefficient (Wildman–Crippen LogP) is 1.47. The summed E-state index contributed by atoms with van der Waals surface area (Å²) >= 11 is 1.99. The first-order chi connectivity index (χ1) is 8.90. The van der Waals surface area contributed by atoms with Gasteiger partial charge in [0.2, 0.25) is 0 Å². The van der Waals surface area contributed by atoms with Crippen LogP contribution in [0.25, 0.3) is 0 Å². The first-order valence-corrected chi connectivity index (χ1v) is 6.37. The molecule has 1 rings (SSSR count). The van der Waals surface area contributed by atoms with Gasteiger partial charge in [-0.15, -0.1) is 0 Å². The van der Waals surface area contributed by atoms with Crippen LogP contribution in [0.2, 0.25) is 0 Å². The van der Waals surface area contributed by atoms with Crippen LogP contribution in [0.3, 0.4) is 0 Å². The Kier molecular flexibility index (Phi) is 5.40. The SMILES string of the molecule is COc1cc(I)c(C(=O)N(C)CC(=O)O)cc1OC. The number of ether oxygens (including phenoxy) is 2. The van der Waals surface area contributed by atoms with E-state index in [0.717, 1.165) is 4.90 Å². The summed E-state index contributed by atoms with van der Waals surface area (Å²) in [4.78, 5) is 23.9. The lowest BCUT2D eigenvalue weighted by Gasteiger charge is -2.17. The summed E-state index contributed by atoms with van der Waals surface area (Å²) < 4.78 is 10.9. The van der Waals surface area contributed by atoms with Gasteiger partial charge in [0.05, 0.1) is 19.8 Å². The molecule has 1 aromatic rings. The van der Waals surface area contributed by atoms with E-state index in [0.29, 0.717) is 20.6 Å². The Bertz CT molecular complexity index is 503. The molecule has 0 aromatic heterocycles. The molecule has 0 atom stereocenters. The van der Waals surface area contributed by atoms with Crippen LogP contribution in [0.15, 0.2) is 12.1 Å². The molecule has 1 amide bonds. The van der Waals surface area contributed by atoms with Gasteiger partial charge in [-0.3, -0.25) is 9.59 Å². The lowest BCUT2D eigenvalue weighted by atomic mass is 10.1. The maximum atomic E-state index is 12.1. The molecule has 0 saturated carbocycles. The molecule has 6 nitrogen and oxygen atoms in total. The van der Waals surface area contributed by atoms with Gasteiger partial charge in [0.15, 0.2) is 11.5 Å². The van der Waals surface area contributed by atoms with E-state index >= 15 is 0 Å². The molecule has 7 heteroatoms. The van der Waals surface area contributed by atoms with Crippen molar-refractivity contribution < 1.29 is 24.2 Å². The standard InChI is InChI=1S/C12H14INO5/c1-14(6-11(15)16)12(17)7-4-9(18-2)10(19-3)5-8(7)13/h4-5H,6H2,1-3H3,(H,15,16). The summed E-state index contributed by atoms with van der Waals surface area (Å²) in [6.45, 7) is -0.358. The van der Waals surface area contributed by atoms with Gasteiger partial charge in [-0.1, -0.05) is 0 Å². The molecule has 104 valence electrons. The van der Waals surface area contributed by atoms with E-state index < -0.39 is 5.97 Å². The van der Waals surface area contributed by atoms with Crippen molar-refractivity contribution in [3.8, 4) is 11.5 Å². The van der Waals surface area contributed by atoms with Crippen LogP contribution in [0.1, 0.15) is 10.4 Å². The number of carboxylic acids is 1. The molecule has 0 radical (unpaired) electrons. The minimum absolute atomic E-state index is 0.358. The maximum Gasteiger partial charge on any atom is 0.323 e. The quantitative estimate of drug-likeness (QED) is 0.785. The van der Waals surface area contributed by atoms with Crippen LogP contribution in [0, 0.1) is 3.57 Å². The molecule has 0 aliphatic rings. The monoisotopic (exact) mass is 379 g/mol. The first-order valence-electron chi connectivity index (χ1n) is 5.29. The highest BCUT2D eigenvalue weighted by Crippen LogP contribution is 2.31. The second kappa shape index (κ2) is 6.60. The first kappa shape index (κ1) is 15.5. The number of likely N-dealkylation sites (N-methyl/N-ethyl adjacent to an activating group) is 1. The van der Waals surface area contributed by atoms with Crippen molar-refractivity contribution in [1.82, 2.24) is 4.90 Å². The van der Waals surface area contributed by atoms with E-state index in [-0.39, 0.29) is 12.5 Å². The minimum atomic E-state index is -1.06. The number of nitrogens with zero attached hydrogens (tertiary/aromatic N) is 1. The third-order valence-corrected chi connectivity index (χ3v) is 3.32. The number of carboxylic acid groups (broad SMARTS) is 1. The summed E-state index contributed by atoms with van der Waals surface area (Å²) in [5.41, 5.74) is 0.377. The highest BCUT2D eigenvalue weighted by Gasteiger charge is 2.19. The van der Waals surface area contributed by atoms with Crippen molar-refractivity contribution >= 4 is 34.5 Å². The van der Waals surface area contributed by atoms with Gasteiger partial charge in [0, 0.05) is 10.6 Å². The van der Waals surface area contributed by atoms with Gasteiger partial charge in [0.25, 0.3) is 5.91 Å². The van der Waals surface area contributed by atoms with Crippen LogP contribution in [0.5, 0.6) is 11.5 Å². The lowest BCUT2D eigenvalue weighted by molar-refractivity contribution is -0.137. The largest absolute Gasteiger partial charge is 0.493 e. The number of benzene rings is 1. The van der Waals surface area contributed by atoms with E-state index in [1.165, 1.54) is 21.3 Å². The fourth-order valence-corrected chi connectivity index (χ4v) is 2.17. The van der Waals surface area contributed by atoms with Gasteiger partial charge >= 0.3 is 5.97 Å². The Morgan fingerprint density at radius 1 is 1.26 bits per heavy atom. The highest BCUT2D eigenvalue weighted by atomic mass is 127. The maximum absolute atomic E-state index is 12.1. The van der Waals surface area contributed by atoms with Crippen molar-refractivity contribution in [2.75, 3.05) is 27.8 Å². The van der Waals surface area contributed by atoms with Crippen molar-refractivity contribution in [3.05, 3.63) is 21.3 Å². The summed E-state index contributed by atoms with van der Waals surface area (Å²) in [5.74, 6) is -0.501. The van der Waals surface area contributed by atoms with Crippen LogP contribution in [0.4, 0.5) is 0 Å². The Labute approximate surface area is 124 Å². The van der Waals surface area contributed by atoms with Crippen molar-refractivity contribution in [3.63, 3.8) is 0 Å². The van der Waals surface area contributed by atoms with Crippen molar-refractivity contribution in [1.29, 1.82) is 0 Å². The summed E-state index contributed by atoms with van der Waals surface area (Å²) in [6.07, 6.45) is 0. The van der Waals surface area contributed by atoms with E-state index in [2.05, 4.69) is 0 Å². The molecule has 0 unspecified atom stereocenters. The Hall–Kier alpha value is -1.51. The number of carbonyl (C=O) groups excluding carboxylic acids is 1. The number of hydrogen-bond acceptors (Lipinski definition) is 4. The summed E-state index contributed by atoms with van der Waals surface area (Å²) in [5, 5.41) is 8.69. The number of methoxy groups -OCH3 is 2. The topological polar surface area (TPSA) is 76.1 Å². The van der Waals surface area contributed by atoms with Crippen LogP contribution >= 0.6 is 22.6 Å². The van der Waals surface area contributed by atoms with Gasteiger partial charge in [-0.2, -0.15) is 0 Å². The molecule has 1 aromatic carbocycles. The fourth-order valence-electron chi connectivity index (χ4n) is 1.50. The Morgan fingerprint density at radius 2 is 1.79 bits per heavy atom. The molecule has 0 aliphatic heterocycles. The summed E-state index contributed by atoms with van der Waals surface area (Å²) in [7, 11) is 4.41. The number of amides is 1. The average molecular weight is 379 g/mol. The van der Waals surface area contributed by atoms with Crippen molar-refractivity contribution in [2.45, 2.75) is 0 Å². The fraction of sp³-hybridized carbons (Fsp3) is 0.333. The Morgan fingerprint density at radius 3 is 2.26 bits per heavy atom. The average Bonchev–Trinajstić information content (AvgIpc) is 2.36. The zero-order chi connectivity index (χ0) is 14.6. The molecule has 19 heavy (non-hydrogen) atoms. The summed E-state index contributed by atoms with van der Waals surface area (Å²) in [6, 6.07) is 3.21. The Balaban J connectivity index is 3.13. The molecular weight excluding hydrogens is 365 g/mol. The lowest BCUT2D eigenvalue weighted by Crippen LogP contribution is -2.32.